The summed E-state index contributed by atoms with van der Waals surface area (Å²) in [7, 11) is 0. The smallest absolute Gasteiger partial charge is 0.256 e. The van der Waals surface area contributed by atoms with E-state index >= 15 is 0 Å². The van der Waals surface area contributed by atoms with E-state index in [1.807, 2.05) is 30.3 Å². The fourth-order valence-electron chi connectivity index (χ4n) is 2.07. The summed E-state index contributed by atoms with van der Waals surface area (Å²) in [6, 6.07) is 9.82. The molecule has 0 saturated heterocycles. The molecule has 1 amide bonds. The van der Waals surface area contributed by atoms with E-state index in [0.29, 0.717) is 17.9 Å². The van der Waals surface area contributed by atoms with Crippen molar-refractivity contribution in [1.29, 1.82) is 0 Å². The maximum Gasteiger partial charge on any atom is 0.256 e. The van der Waals surface area contributed by atoms with Gasteiger partial charge >= 0.3 is 0 Å². The van der Waals surface area contributed by atoms with Crippen LogP contribution >= 0.6 is 0 Å². The van der Waals surface area contributed by atoms with Gasteiger partial charge in [-0.25, -0.2) is 4.68 Å². The maximum absolute atomic E-state index is 11.8. The van der Waals surface area contributed by atoms with E-state index in [4.69, 9.17) is 0 Å². The predicted octanol–water partition coefficient (Wildman–Crippen LogP) is 0.405. The molecule has 1 atom stereocenters. The molecule has 2 heterocycles. The van der Waals surface area contributed by atoms with Crippen LogP contribution in [0.3, 0.4) is 0 Å². The van der Waals surface area contributed by atoms with Crippen molar-refractivity contribution in [3.63, 3.8) is 0 Å². The molecule has 1 aromatic carbocycles. The number of carbonyl (C=O) groups excluding carboxylic acids is 1. The minimum atomic E-state index is -0.809. The van der Waals surface area contributed by atoms with Gasteiger partial charge in [-0.3, -0.25) is 4.79 Å². The number of aliphatic hydroxyl groups excluding tert-OH is 1. The Kier molecular flexibility index (Phi) is 2.92. The zero-order valence-electron chi connectivity index (χ0n) is 10.2. The van der Waals surface area contributed by atoms with Crippen LogP contribution in [-0.4, -0.2) is 33.6 Å². The molecule has 0 saturated carbocycles. The van der Waals surface area contributed by atoms with Crippen LogP contribution < -0.4 is 10.6 Å². The van der Waals surface area contributed by atoms with Gasteiger partial charge in [-0.2, -0.15) is 5.10 Å². The lowest BCUT2D eigenvalue weighted by Crippen LogP contribution is -2.32. The van der Waals surface area contributed by atoms with Crippen molar-refractivity contribution in [1.82, 2.24) is 15.1 Å². The first-order valence-corrected chi connectivity index (χ1v) is 6.06. The molecule has 2 aromatic rings. The summed E-state index contributed by atoms with van der Waals surface area (Å²) in [6.45, 7) is 0.724. The molecule has 1 unspecified atom stereocenters. The van der Waals surface area contributed by atoms with E-state index in [-0.39, 0.29) is 12.5 Å². The van der Waals surface area contributed by atoms with E-state index in [0.717, 1.165) is 5.56 Å². The summed E-state index contributed by atoms with van der Waals surface area (Å²) >= 11 is 0. The first kappa shape index (κ1) is 11.7. The van der Waals surface area contributed by atoms with Gasteiger partial charge in [0.05, 0.1) is 19.3 Å². The second-order valence-corrected chi connectivity index (χ2v) is 4.42. The third-order valence-corrected chi connectivity index (χ3v) is 3.02. The number of hydrogen-bond donors (Lipinski definition) is 3. The van der Waals surface area contributed by atoms with Gasteiger partial charge in [0, 0.05) is 0 Å². The number of β-amino-alcohol motifs (C(OH)–C–C–N with tert-alkyl or cyclic N) is 1. The Labute approximate surface area is 110 Å². The molecule has 1 aromatic heterocycles. The zero-order valence-corrected chi connectivity index (χ0v) is 10.2. The molecule has 3 rings (SSSR count). The molecule has 6 nitrogen and oxygen atoms in total. The van der Waals surface area contributed by atoms with Crippen LogP contribution in [0.25, 0.3) is 0 Å². The summed E-state index contributed by atoms with van der Waals surface area (Å²) in [6.07, 6.45) is 0.704. The van der Waals surface area contributed by atoms with Crippen molar-refractivity contribution in [3.05, 3.63) is 47.7 Å². The molecular formula is C13H14N4O2. The van der Waals surface area contributed by atoms with Crippen LogP contribution in [0, 0.1) is 0 Å². The topological polar surface area (TPSA) is 79.2 Å². The van der Waals surface area contributed by atoms with Crippen molar-refractivity contribution < 1.29 is 9.90 Å². The fraction of sp³-hybridized carbons (Fsp3) is 0.231. The second kappa shape index (κ2) is 4.74. The monoisotopic (exact) mass is 258 g/mol. The Balaban J connectivity index is 1.94. The lowest BCUT2D eigenvalue weighted by Gasteiger charge is -2.13. The molecule has 1 aliphatic rings. The highest BCUT2D eigenvalue weighted by Crippen LogP contribution is 2.19. The van der Waals surface area contributed by atoms with Gasteiger partial charge in [0.2, 0.25) is 0 Å². The van der Waals surface area contributed by atoms with E-state index in [9.17, 15) is 9.90 Å². The number of anilines is 1. The lowest BCUT2D eigenvalue weighted by atomic mass is 10.2. The standard InChI is InChI=1S/C13H14N4O2/c18-11-7-14-13(19)10-6-15-17(12(10)16-11)8-9-4-2-1-3-5-9/h1-6,11,16,18H,7-8H2,(H,14,19). The summed E-state index contributed by atoms with van der Waals surface area (Å²) in [5.41, 5.74) is 1.53. The van der Waals surface area contributed by atoms with E-state index in [2.05, 4.69) is 15.7 Å². The Morgan fingerprint density at radius 2 is 2.16 bits per heavy atom. The molecule has 98 valence electrons. The molecule has 1 aliphatic heterocycles. The van der Waals surface area contributed by atoms with E-state index < -0.39 is 6.23 Å². The first-order valence-electron chi connectivity index (χ1n) is 6.06. The number of benzene rings is 1. The summed E-state index contributed by atoms with van der Waals surface area (Å²) < 4.78 is 1.68. The maximum atomic E-state index is 11.8. The van der Waals surface area contributed by atoms with Gasteiger partial charge in [0.25, 0.3) is 5.91 Å². The molecule has 6 heteroatoms. The molecular weight excluding hydrogens is 244 g/mol. The minimum Gasteiger partial charge on any atom is -0.372 e. The SMILES string of the molecule is O=C1NCC(O)Nc2c1cnn2Cc1ccccc1. The molecule has 19 heavy (non-hydrogen) atoms. The normalized spacial score (nSPS) is 18.2. The third kappa shape index (κ3) is 2.30. The van der Waals surface area contributed by atoms with Crippen LogP contribution in [0.2, 0.25) is 0 Å². The van der Waals surface area contributed by atoms with Crippen molar-refractivity contribution >= 4 is 11.7 Å². The highest BCUT2D eigenvalue weighted by molar-refractivity contribution is 5.99. The van der Waals surface area contributed by atoms with E-state index in [1.54, 1.807) is 4.68 Å². The number of hydrogen-bond acceptors (Lipinski definition) is 4. The molecule has 3 N–H and O–H groups in total. The average Bonchev–Trinajstić information content (AvgIpc) is 2.73. The fourth-order valence-corrected chi connectivity index (χ4v) is 2.07. The number of nitrogens with zero attached hydrogens (tertiary/aromatic N) is 2. The number of amides is 1. The summed E-state index contributed by atoms with van der Waals surface area (Å²) in [5, 5.41) is 19.4. The predicted molar refractivity (Wildman–Crippen MR) is 69.7 cm³/mol. The van der Waals surface area contributed by atoms with Crippen molar-refractivity contribution in [2.45, 2.75) is 12.8 Å². The average molecular weight is 258 g/mol. The molecule has 0 aliphatic carbocycles. The first-order chi connectivity index (χ1) is 9.24. The highest BCUT2D eigenvalue weighted by atomic mass is 16.3. The van der Waals surface area contributed by atoms with Crippen LogP contribution in [0.5, 0.6) is 0 Å². The Hall–Kier alpha value is -2.34. The number of rotatable bonds is 2. The van der Waals surface area contributed by atoms with Crippen LogP contribution in [0.4, 0.5) is 5.82 Å². The van der Waals surface area contributed by atoms with Crippen molar-refractivity contribution in [3.8, 4) is 0 Å². The molecule has 0 radical (unpaired) electrons. The van der Waals surface area contributed by atoms with Crippen LogP contribution in [0.15, 0.2) is 36.5 Å². The Bertz CT molecular complexity index is 594. The van der Waals surface area contributed by atoms with Gasteiger partial charge in [-0.1, -0.05) is 30.3 Å². The van der Waals surface area contributed by atoms with Gasteiger partial charge in [-0.15, -0.1) is 0 Å². The van der Waals surface area contributed by atoms with E-state index in [1.165, 1.54) is 6.20 Å². The largest absolute Gasteiger partial charge is 0.372 e. The van der Waals surface area contributed by atoms with Crippen molar-refractivity contribution in [2.24, 2.45) is 0 Å². The Morgan fingerprint density at radius 1 is 1.37 bits per heavy atom. The van der Waals surface area contributed by atoms with Crippen LogP contribution in [0.1, 0.15) is 15.9 Å². The zero-order chi connectivity index (χ0) is 13.2. The molecule has 0 bridgehead atoms. The summed E-state index contributed by atoms with van der Waals surface area (Å²) in [5.74, 6) is 0.324. The third-order valence-electron chi connectivity index (χ3n) is 3.02. The van der Waals surface area contributed by atoms with Gasteiger partial charge in [0.1, 0.15) is 17.6 Å². The van der Waals surface area contributed by atoms with Gasteiger partial charge in [-0.05, 0) is 5.56 Å². The number of nitrogens with one attached hydrogen (secondary N) is 2. The van der Waals surface area contributed by atoms with Crippen molar-refractivity contribution in [2.75, 3.05) is 11.9 Å². The summed E-state index contributed by atoms with van der Waals surface area (Å²) in [4.78, 5) is 11.8. The van der Waals surface area contributed by atoms with Crippen LogP contribution in [-0.2, 0) is 6.54 Å². The highest BCUT2D eigenvalue weighted by Gasteiger charge is 2.23. The number of fused-ring (bicyclic) bond motifs is 1. The Morgan fingerprint density at radius 3 is 2.95 bits per heavy atom. The quantitative estimate of drug-likeness (QED) is 0.728. The number of aromatic nitrogens is 2. The second-order valence-electron chi connectivity index (χ2n) is 4.42. The lowest BCUT2D eigenvalue weighted by molar-refractivity contribution is 0.0936. The molecule has 0 spiro atoms. The van der Waals surface area contributed by atoms with Gasteiger partial charge in [0.15, 0.2) is 0 Å². The number of aliphatic hydroxyl groups is 1. The minimum absolute atomic E-state index is 0.179. The molecule has 0 fully saturated rings. The number of carbonyl (C=O) groups is 1. The van der Waals surface area contributed by atoms with Gasteiger partial charge < -0.3 is 15.7 Å².